The molecule has 2 aliphatic carbocycles. The number of hydrogen-bond donors (Lipinski definition) is 0. The van der Waals surface area contributed by atoms with Gasteiger partial charge in [-0.1, -0.05) is 44.5 Å². The summed E-state index contributed by atoms with van der Waals surface area (Å²) in [5, 5.41) is 0. The summed E-state index contributed by atoms with van der Waals surface area (Å²) in [7, 11) is 3.05. The summed E-state index contributed by atoms with van der Waals surface area (Å²) in [6, 6.07) is 17.1. The van der Waals surface area contributed by atoms with Crippen LogP contribution in [0, 0.1) is 11.2 Å². The number of esters is 1. The van der Waals surface area contributed by atoms with Crippen LogP contribution in [0.25, 0.3) is 16.7 Å². The number of carbonyl (C=O) groups is 1. The van der Waals surface area contributed by atoms with Gasteiger partial charge >= 0.3 is 5.97 Å². The SMILES string of the molecule is COC(=O)C1CCCCc2ccc(OCc3ccc(-c4cc(OC)ccc4F)c(C4=CCCC4(C)C)c3)cc21. The molecule has 5 heteroatoms. The molecule has 3 aromatic rings. The van der Waals surface area contributed by atoms with E-state index in [4.69, 9.17) is 14.2 Å². The van der Waals surface area contributed by atoms with Gasteiger partial charge in [0.05, 0.1) is 20.1 Å². The van der Waals surface area contributed by atoms with Crippen LogP contribution >= 0.6 is 0 Å². The van der Waals surface area contributed by atoms with Gasteiger partial charge in [0.1, 0.15) is 23.9 Å². The molecule has 0 saturated heterocycles. The summed E-state index contributed by atoms with van der Waals surface area (Å²) < 4.78 is 31.8. The number of fused-ring (bicyclic) bond motifs is 1. The molecule has 0 saturated carbocycles. The van der Waals surface area contributed by atoms with E-state index >= 15 is 4.39 Å². The van der Waals surface area contributed by atoms with Gasteiger partial charge < -0.3 is 14.2 Å². The van der Waals surface area contributed by atoms with Crippen LogP contribution in [0.1, 0.15) is 74.1 Å². The van der Waals surface area contributed by atoms with E-state index in [2.05, 4.69) is 32.1 Å². The van der Waals surface area contributed by atoms with Crippen molar-refractivity contribution in [3.8, 4) is 22.6 Å². The van der Waals surface area contributed by atoms with Gasteiger partial charge in [0.25, 0.3) is 0 Å². The van der Waals surface area contributed by atoms with Gasteiger partial charge in [-0.25, -0.2) is 4.39 Å². The molecule has 4 nitrogen and oxygen atoms in total. The second-order valence-electron chi connectivity index (χ2n) is 11.2. The second kappa shape index (κ2) is 11.3. The molecule has 0 spiro atoms. The van der Waals surface area contributed by atoms with Crippen molar-refractivity contribution in [3.05, 3.63) is 88.7 Å². The number of aryl methyl sites for hydroxylation is 1. The first-order valence-electron chi connectivity index (χ1n) is 13.8. The molecule has 204 valence electrons. The van der Waals surface area contributed by atoms with Crippen molar-refractivity contribution in [3.63, 3.8) is 0 Å². The number of ether oxygens (including phenoxy) is 3. The fourth-order valence-corrected chi connectivity index (χ4v) is 6.03. The molecule has 1 atom stereocenters. The van der Waals surface area contributed by atoms with Crippen LogP contribution in [0.5, 0.6) is 11.5 Å². The van der Waals surface area contributed by atoms with Crippen LogP contribution in [0.15, 0.2) is 60.7 Å². The molecule has 0 aromatic heterocycles. The maximum atomic E-state index is 15.1. The zero-order valence-corrected chi connectivity index (χ0v) is 23.3. The third kappa shape index (κ3) is 5.59. The highest BCUT2D eigenvalue weighted by atomic mass is 19.1. The molecule has 0 radical (unpaired) electrons. The number of hydrogen-bond acceptors (Lipinski definition) is 4. The quantitative estimate of drug-likeness (QED) is 0.229. The van der Waals surface area contributed by atoms with Crippen molar-refractivity contribution in [2.75, 3.05) is 14.2 Å². The number of carbonyl (C=O) groups excluding carboxylic acids is 1. The predicted octanol–water partition coefficient (Wildman–Crippen LogP) is 8.27. The third-order valence-electron chi connectivity index (χ3n) is 8.26. The molecule has 0 aliphatic heterocycles. The van der Waals surface area contributed by atoms with Crippen molar-refractivity contribution in [2.45, 2.75) is 64.9 Å². The van der Waals surface area contributed by atoms with E-state index in [1.807, 2.05) is 24.3 Å². The fraction of sp³-hybridized carbons (Fsp3) is 0.382. The van der Waals surface area contributed by atoms with Crippen LogP contribution in [0.3, 0.4) is 0 Å². The highest BCUT2D eigenvalue weighted by molar-refractivity contribution is 5.85. The number of halogens is 1. The molecule has 0 N–H and O–H groups in total. The molecular weight excluding hydrogens is 491 g/mol. The normalized spacial score (nSPS) is 18.1. The minimum Gasteiger partial charge on any atom is -0.497 e. The lowest BCUT2D eigenvalue weighted by Crippen LogP contribution is -2.15. The third-order valence-corrected chi connectivity index (χ3v) is 8.26. The first kappa shape index (κ1) is 27.0. The molecule has 0 heterocycles. The number of rotatable bonds is 7. The van der Waals surface area contributed by atoms with Gasteiger partial charge in [0, 0.05) is 5.56 Å². The van der Waals surface area contributed by atoms with E-state index < -0.39 is 0 Å². The molecule has 39 heavy (non-hydrogen) atoms. The van der Waals surface area contributed by atoms with Crippen LogP contribution in [0.2, 0.25) is 0 Å². The Labute approximate surface area is 230 Å². The van der Waals surface area contributed by atoms with Crippen molar-refractivity contribution >= 4 is 11.5 Å². The first-order valence-corrected chi connectivity index (χ1v) is 13.8. The fourth-order valence-electron chi connectivity index (χ4n) is 6.03. The Morgan fingerprint density at radius 3 is 2.51 bits per heavy atom. The standard InChI is InChI=1S/C34H37FO4/c1-34(2)17-7-10-31(34)29-18-22(11-15-26(29)30-19-24(37-3)14-16-32(30)35)21-39-25-13-12-23-8-5-6-9-27(28(23)20-25)33(36)38-4/h10-16,18-20,27H,5-9,17,21H2,1-4H3. The molecule has 2 aliphatic rings. The lowest BCUT2D eigenvalue weighted by atomic mass is 9.79. The van der Waals surface area contributed by atoms with E-state index in [0.29, 0.717) is 17.9 Å². The monoisotopic (exact) mass is 528 g/mol. The minimum absolute atomic E-state index is 0.0104. The predicted molar refractivity (Wildman–Crippen MR) is 152 cm³/mol. The molecule has 5 rings (SSSR count). The van der Waals surface area contributed by atoms with Gasteiger partial charge in [0.15, 0.2) is 0 Å². The topological polar surface area (TPSA) is 44.8 Å². The largest absolute Gasteiger partial charge is 0.497 e. The van der Waals surface area contributed by atoms with Gasteiger partial charge in [-0.15, -0.1) is 0 Å². The summed E-state index contributed by atoms with van der Waals surface area (Å²) in [6.07, 6.45) is 8.15. The Bertz CT molecular complexity index is 1400. The van der Waals surface area contributed by atoms with Gasteiger partial charge in [-0.05, 0) is 107 Å². The smallest absolute Gasteiger partial charge is 0.313 e. The maximum Gasteiger partial charge on any atom is 0.313 e. The molecule has 0 amide bonds. The Balaban J connectivity index is 1.47. The van der Waals surface area contributed by atoms with E-state index in [1.54, 1.807) is 19.2 Å². The summed E-state index contributed by atoms with van der Waals surface area (Å²) in [4.78, 5) is 12.5. The van der Waals surface area contributed by atoms with E-state index in [0.717, 1.165) is 66.5 Å². The maximum absolute atomic E-state index is 15.1. The highest BCUT2D eigenvalue weighted by Gasteiger charge is 2.31. The van der Waals surface area contributed by atoms with Crippen molar-refractivity contribution in [1.29, 1.82) is 0 Å². The lowest BCUT2D eigenvalue weighted by molar-refractivity contribution is -0.142. The van der Waals surface area contributed by atoms with E-state index in [1.165, 1.54) is 24.3 Å². The number of allylic oxidation sites excluding steroid dienone is 2. The van der Waals surface area contributed by atoms with E-state index in [-0.39, 0.29) is 23.1 Å². The highest BCUT2D eigenvalue weighted by Crippen LogP contribution is 2.47. The Morgan fingerprint density at radius 2 is 1.77 bits per heavy atom. The zero-order chi connectivity index (χ0) is 27.6. The van der Waals surface area contributed by atoms with Crippen molar-refractivity contribution in [1.82, 2.24) is 0 Å². The van der Waals surface area contributed by atoms with Crippen LogP contribution in [-0.4, -0.2) is 20.2 Å². The van der Waals surface area contributed by atoms with Crippen molar-refractivity contribution < 1.29 is 23.4 Å². The summed E-state index contributed by atoms with van der Waals surface area (Å²) in [5.74, 6) is 0.638. The van der Waals surface area contributed by atoms with E-state index in [9.17, 15) is 4.79 Å². The molecule has 0 fully saturated rings. The average Bonchev–Trinajstić information content (AvgIpc) is 3.16. The second-order valence-corrected chi connectivity index (χ2v) is 11.2. The number of methoxy groups -OCH3 is 2. The van der Waals surface area contributed by atoms with Crippen LogP contribution < -0.4 is 9.47 Å². The Hall–Kier alpha value is -3.60. The van der Waals surface area contributed by atoms with Crippen molar-refractivity contribution in [2.24, 2.45) is 5.41 Å². The number of benzene rings is 3. The lowest BCUT2D eigenvalue weighted by Gasteiger charge is -2.25. The van der Waals surface area contributed by atoms with Crippen LogP contribution in [-0.2, 0) is 22.6 Å². The molecule has 3 aromatic carbocycles. The summed E-state index contributed by atoms with van der Waals surface area (Å²) >= 11 is 0. The van der Waals surface area contributed by atoms with Gasteiger partial charge in [-0.3, -0.25) is 4.79 Å². The molecular formula is C34H37FO4. The average molecular weight is 529 g/mol. The summed E-state index contributed by atoms with van der Waals surface area (Å²) in [5.41, 5.74) is 6.83. The first-order chi connectivity index (χ1) is 18.8. The van der Waals surface area contributed by atoms with Gasteiger partial charge in [-0.2, -0.15) is 0 Å². The zero-order valence-electron chi connectivity index (χ0n) is 23.3. The van der Waals surface area contributed by atoms with Gasteiger partial charge in [0.2, 0.25) is 0 Å². The molecule has 0 bridgehead atoms. The molecule has 1 unspecified atom stereocenters. The van der Waals surface area contributed by atoms with Crippen LogP contribution in [0.4, 0.5) is 4.39 Å². The minimum atomic E-state index is -0.275. The summed E-state index contributed by atoms with van der Waals surface area (Å²) in [6.45, 7) is 4.85. The Morgan fingerprint density at radius 1 is 0.949 bits per heavy atom. The Kier molecular flexibility index (Phi) is 7.79.